The quantitative estimate of drug-likeness (QED) is 0.274. The Hall–Kier alpha value is -2.67. The Morgan fingerprint density at radius 3 is 2.58 bits per heavy atom. The Labute approximate surface area is 191 Å². The van der Waals surface area contributed by atoms with Gasteiger partial charge in [0.15, 0.2) is 4.34 Å². The highest BCUT2D eigenvalue weighted by Crippen LogP contribution is 2.27. The van der Waals surface area contributed by atoms with Gasteiger partial charge in [-0.3, -0.25) is 19.6 Å². The second-order valence-electron chi connectivity index (χ2n) is 5.81. The molecule has 2 N–H and O–H groups in total. The van der Waals surface area contributed by atoms with Crippen LogP contribution in [0.3, 0.4) is 0 Å². The Morgan fingerprint density at radius 2 is 1.90 bits per heavy atom. The lowest BCUT2D eigenvalue weighted by Gasteiger charge is -2.10. The fraction of sp³-hybridized carbons (Fsp3) is 0.111. The molecule has 13 heteroatoms. The van der Waals surface area contributed by atoms with Gasteiger partial charge in [-0.25, -0.2) is 8.42 Å². The number of carbonyl (C=O) groups is 2. The van der Waals surface area contributed by atoms with Gasteiger partial charge in [0, 0.05) is 0 Å². The summed E-state index contributed by atoms with van der Waals surface area (Å²) >= 11 is 8.41. The Morgan fingerprint density at radius 1 is 1.16 bits per heavy atom. The fourth-order valence-corrected chi connectivity index (χ4v) is 5.16. The van der Waals surface area contributed by atoms with Crippen LogP contribution in [0.5, 0.6) is 0 Å². The number of halogens is 1. The van der Waals surface area contributed by atoms with E-state index in [1.165, 1.54) is 37.4 Å². The Balaban J connectivity index is 1.67. The van der Waals surface area contributed by atoms with Crippen molar-refractivity contribution in [1.29, 1.82) is 0 Å². The van der Waals surface area contributed by atoms with Crippen LogP contribution in [0.2, 0.25) is 5.02 Å². The molecule has 1 aromatic heterocycles. The van der Waals surface area contributed by atoms with Crippen molar-refractivity contribution in [2.24, 2.45) is 0 Å². The van der Waals surface area contributed by atoms with Crippen LogP contribution in [0.1, 0.15) is 10.4 Å². The first-order valence-corrected chi connectivity index (χ1v) is 12.2. The standard InChI is InChI=1S/C18H15ClN4O5S3/c1-28-15(24)10-29-18-22-21-17(30-18)20-16(25)13-8-7-11(9-14(13)19)23-31(26,27)12-5-3-2-4-6-12/h2-9,23H,10H2,1H3,(H,20,21,25). The first-order chi connectivity index (χ1) is 14.8. The summed E-state index contributed by atoms with van der Waals surface area (Å²) in [5.74, 6) is -0.866. The van der Waals surface area contributed by atoms with Crippen LogP contribution in [0.25, 0.3) is 0 Å². The number of carbonyl (C=O) groups excluding carboxylic acids is 2. The van der Waals surface area contributed by atoms with Crippen LogP contribution in [0.15, 0.2) is 57.8 Å². The molecule has 0 fully saturated rings. The van der Waals surface area contributed by atoms with Crippen LogP contribution >= 0.6 is 34.7 Å². The number of nitrogens with zero attached hydrogens (tertiary/aromatic N) is 2. The van der Waals surface area contributed by atoms with Gasteiger partial charge in [0.1, 0.15) is 0 Å². The van der Waals surface area contributed by atoms with Gasteiger partial charge < -0.3 is 4.74 Å². The number of rotatable bonds is 8. The van der Waals surface area contributed by atoms with Gasteiger partial charge in [-0.15, -0.1) is 10.2 Å². The minimum Gasteiger partial charge on any atom is -0.468 e. The summed E-state index contributed by atoms with van der Waals surface area (Å²) in [5, 5.41) is 10.6. The molecule has 0 aliphatic heterocycles. The van der Waals surface area contributed by atoms with Gasteiger partial charge in [0.2, 0.25) is 5.13 Å². The van der Waals surface area contributed by atoms with E-state index in [0.29, 0.717) is 4.34 Å². The number of hydrogen-bond donors (Lipinski definition) is 2. The summed E-state index contributed by atoms with van der Waals surface area (Å²) in [5.41, 5.74) is 0.339. The van der Waals surface area contributed by atoms with Crippen molar-refractivity contribution in [1.82, 2.24) is 10.2 Å². The van der Waals surface area contributed by atoms with Crippen molar-refractivity contribution in [3.63, 3.8) is 0 Å². The maximum Gasteiger partial charge on any atom is 0.316 e. The molecule has 3 aromatic rings. The molecule has 0 bridgehead atoms. The van der Waals surface area contributed by atoms with Crippen molar-refractivity contribution < 1.29 is 22.7 Å². The molecule has 0 aliphatic rings. The first-order valence-electron chi connectivity index (χ1n) is 8.50. The Kier molecular flexibility index (Phi) is 7.49. The summed E-state index contributed by atoms with van der Waals surface area (Å²) in [6.07, 6.45) is 0. The topological polar surface area (TPSA) is 127 Å². The first kappa shape index (κ1) is 23.0. The average Bonchev–Trinajstić information content (AvgIpc) is 3.19. The summed E-state index contributed by atoms with van der Waals surface area (Å²) in [6.45, 7) is 0. The highest BCUT2D eigenvalue weighted by Gasteiger charge is 2.17. The van der Waals surface area contributed by atoms with Crippen LogP contribution in [-0.4, -0.2) is 43.4 Å². The van der Waals surface area contributed by atoms with Gasteiger partial charge in [0.25, 0.3) is 15.9 Å². The molecule has 0 radical (unpaired) electrons. The van der Waals surface area contributed by atoms with Crippen LogP contribution in [0.4, 0.5) is 10.8 Å². The second kappa shape index (κ2) is 10.1. The predicted molar refractivity (Wildman–Crippen MR) is 119 cm³/mol. The third-order valence-electron chi connectivity index (χ3n) is 3.69. The molecular weight excluding hydrogens is 484 g/mol. The van der Waals surface area contributed by atoms with Gasteiger partial charge in [-0.2, -0.15) is 0 Å². The lowest BCUT2D eigenvalue weighted by atomic mass is 10.2. The number of methoxy groups -OCH3 is 1. The zero-order valence-electron chi connectivity index (χ0n) is 15.9. The fourth-order valence-electron chi connectivity index (χ4n) is 2.24. The normalized spacial score (nSPS) is 11.0. The van der Waals surface area contributed by atoms with Gasteiger partial charge >= 0.3 is 5.97 Å². The van der Waals surface area contributed by atoms with Gasteiger partial charge in [-0.1, -0.05) is 52.9 Å². The van der Waals surface area contributed by atoms with Gasteiger partial charge in [0.05, 0.1) is 34.0 Å². The molecule has 1 amide bonds. The molecule has 0 aliphatic carbocycles. The molecule has 9 nitrogen and oxygen atoms in total. The second-order valence-corrected chi connectivity index (χ2v) is 10.1. The van der Waals surface area contributed by atoms with Crippen molar-refractivity contribution in [2.75, 3.05) is 22.9 Å². The number of nitrogens with one attached hydrogen (secondary N) is 2. The van der Waals surface area contributed by atoms with E-state index >= 15 is 0 Å². The molecule has 31 heavy (non-hydrogen) atoms. The van der Waals surface area contributed by atoms with Crippen molar-refractivity contribution >= 4 is 67.4 Å². The summed E-state index contributed by atoms with van der Waals surface area (Å²) < 4.78 is 32.3. The lowest BCUT2D eigenvalue weighted by Crippen LogP contribution is -2.14. The van der Waals surface area contributed by atoms with E-state index in [4.69, 9.17) is 11.6 Å². The molecule has 0 saturated carbocycles. The zero-order chi connectivity index (χ0) is 22.4. The number of hydrogen-bond acceptors (Lipinski definition) is 9. The lowest BCUT2D eigenvalue weighted by molar-refractivity contribution is -0.137. The third-order valence-corrected chi connectivity index (χ3v) is 7.34. The summed E-state index contributed by atoms with van der Waals surface area (Å²) in [7, 11) is -2.50. The molecule has 0 unspecified atom stereocenters. The highest BCUT2D eigenvalue weighted by atomic mass is 35.5. The number of anilines is 2. The van der Waals surface area contributed by atoms with Crippen LogP contribution in [-0.2, 0) is 19.6 Å². The van der Waals surface area contributed by atoms with Crippen LogP contribution in [0, 0.1) is 0 Å². The Bertz CT molecular complexity index is 1200. The van der Waals surface area contributed by atoms with Crippen molar-refractivity contribution in [3.05, 3.63) is 59.1 Å². The van der Waals surface area contributed by atoms with E-state index in [9.17, 15) is 18.0 Å². The molecule has 0 saturated heterocycles. The van der Waals surface area contributed by atoms with E-state index in [1.54, 1.807) is 18.2 Å². The van der Waals surface area contributed by atoms with E-state index < -0.39 is 21.9 Å². The van der Waals surface area contributed by atoms with E-state index in [2.05, 4.69) is 25.0 Å². The predicted octanol–water partition coefficient (Wildman–Crippen LogP) is 3.51. The number of amides is 1. The molecule has 2 aromatic carbocycles. The number of sulfonamides is 1. The number of esters is 1. The minimum atomic E-state index is -3.78. The van der Waals surface area contributed by atoms with Crippen molar-refractivity contribution in [3.8, 4) is 0 Å². The molecular formula is C18H15ClN4O5S3. The zero-order valence-corrected chi connectivity index (χ0v) is 19.1. The molecule has 3 rings (SSSR count). The molecule has 162 valence electrons. The largest absolute Gasteiger partial charge is 0.468 e. The number of thioether (sulfide) groups is 1. The number of benzene rings is 2. The number of aromatic nitrogens is 2. The van der Waals surface area contributed by atoms with E-state index in [0.717, 1.165) is 23.1 Å². The van der Waals surface area contributed by atoms with Crippen LogP contribution < -0.4 is 10.0 Å². The average molecular weight is 499 g/mol. The monoisotopic (exact) mass is 498 g/mol. The summed E-state index contributed by atoms with van der Waals surface area (Å²) in [4.78, 5) is 23.8. The third kappa shape index (κ3) is 6.17. The maximum absolute atomic E-state index is 12.5. The van der Waals surface area contributed by atoms with E-state index in [1.807, 2.05) is 0 Å². The minimum absolute atomic E-state index is 0.0515. The maximum atomic E-state index is 12.5. The molecule has 0 spiro atoms. The highest BCUT2D eigenvalue weighted by molar-refractivity contribution is 8.01. The SMILES string of the molecule is COC(=O)CSc1nnc(NC(=O)c2ccc(NS(=O)(=O)c3ccccc3)cc2Cl)s1. The summed E-state index contributed by atoms with van der Waals surface area (Å²) in [6, 6.07) is 12.0. The molecule has 1 heterocycles. The van der Waals surface area contributed by atoms with Crippen molar-refractivity contribution in [2.45, 2.75) is 9.24 Å². The molecule has 0 atom stereocenters. The number of ether oxygens (including phenoxy) is 1. The van der Waals surface area contributed by atoms with Gasteiger partial charge in [-0.05, 0) is 30.3 Å². The van der Waals surface area contributed by atoms with E-state index in [-0.39, 0.29) is 32.1 Å². The smallest absolute Gasteiger partial charge is 0.316 e.